The average Bonchev–Trinajstić information content (AvgIpc) is 3.41. The number of pyridine rings is 1. The molecule has 0 N–H and O–H groups in total. The Hall–Kier alpha value is -2.61. The van der Waals surface area contributed by atoms with Gasteiger partial charge < -0.3 is 4.42 Å². The van der Waals surface area contributed by atoms with Gasteiger partial charge in [-0.15, -0.1) is 0 Å². The molecule has 0 radical (unpaired) electrons. The number of fused-ring (bicyclic) bond motifs is 5. The zero-order chi connectivity index (χ0) is 17.1. The molecule has 0 aliphatic heterocycles. The van der Waals surface area contributed by atoms with Gasteiger partial charge in [0, 0.05) is 28.1 Å². The molecule has 128 valence electrons. The van der Waals surface area contributed by atoms with Crippen molar-refractivity contribution in [3.05, 3.63) is 66.4 Å². The molecule has 6 rings (SSSR count). The number of furan rings is 1. The Morgan fingerprint density at radius 3 is 2.38 bits per heavy atom. The summed E-state index contributed by atoms with van der Waals surface area (Å²) in [6, 6.07) is 19.2. The number of hydrogen-bond acceptors (Lipinski definition) is 2. The van der Waals surface area contributed by atoms with Crippen molar-refractivity contribution in [3.63, 3.8) is 0 Å². The molecule has 2 aliphatic carbocycles. The third kappa shape index (κ3) is 1.90. The van der Waals surface area contributed by atoms with Gasteiger partial charge in [0.2, 0.25) is 0 Å². The highest BCUT2D eigenvalue weighted by atomic mass is 16.3. The van der Waals surface area contributed by atoms with Crippen LogP contribution in [0, 0.1) is 5.92 Å². The molecule has 0 spiro atoms. The highest BCUT2D eigenvalue weighted by molar-refractivity contribution is 6.10. The molecule has 2 aliphatic rings. The number of nitrogens with zero attached hydrogens (tertiary/aromatic N) is 1. The van der Waals surface area contributed by atoms with E-state index in [-0.39, 0.29) is 0 Å². The molecule has 2 nitrogen and oxygen atoms in total. The predicted octanol–water partition coefficient (Wildman–Crippen LogP) is 6.48. The van der Waals surface area contributed by atoms with Gasteiger partial charge in [0.25, 0.3) is 0 Å². The first-order valence-electron chi connectivity index (χ1n) is 9.70. The molecule has 2 heteroatoms. The number of benzene rings is 2. The first kappa shape index (κ1) is 14.5. The third-order valence-corrected chi connectivity index (χ3v) is 6.78. The van der Waals surface area contributed by atoms with E-state index in [1.807, 2.05) is 18.3 Å². The van der Waals surface area contributed by atoms with Crippen LogP contribution in [-0.4, -0.2) is 4.98 Å². The summed E-state index contributed by atoms with van der Waals surface area (Å²) in [5.74, 6) is 0.929. The summed E-state index contributed by atoms with van der Waals surface area (Å²) in [7, 11) is 0. The second-order valence-electron chi connectivity index (χ2n) is 8.11. The van der Waals surface area contributed by atoms with Gasteiger partial charge >= 0.3 is 0 Å². The summed E-state index contributed by atoms with van der Waals surface area (Å²) >= 11 is 0. The Kier molecular flexibility index (Phi) is 2.91. The van der Waals surface area contributed by atoms with Gasteiger partial charge in [-0.1, -0.05) is 36.4 Å². The average molecular weight is 339 g/mol. The summed E-state index contributed by atoms with van der Waals surface area (Å²) < 4.78 is 6.59. The van der Waals surface area contributed by atoms with Gasteiger partial charge in [0.1, 0.15) is 11.2 Å². The third-order valence-electron chi connectivity index (χ3n) is 6.78. The van der Waals surface area contributed by atoms with E-state index >= 15 is 0 Å². The molecule has 2 aromatic heterocycles. The molecular weight excluding hydrogens is 318 g/mol. The van der Waals surface area contributed by atoms with Gasteiger partial charge in [-0.2, -0.15) is 0 Å². The van der Waals surface area contributed by atoms with Gasteiger partial charge in [0.05, 0.1) is 5.69 Å². The van der Waals surface area contributed by atoms with E-state index in [9.17, 15) is 0 Å². The largest absolute Gasteiger partial charge is 0.455 e. The van der Waals surface area contributed by atoms with Crippen LogP contribution in [-0.2, 0) is 5.41 Å². The number of rotatable bonds is 2. The number of aromatic nitrogens is 1. The maximum atomic E-state index is 6.59. The fourth-order valence-electron chi connectivity index (χ4n) is 5.53. The standard InChI is InChI=1S/C24H21NO/c1-2-14-25-21(9-1)19-7-3-5-17-18-6-4-8-20(23(18)26-22(17)19)24-12-10-16(15-24)11-13-24/h1-9,14,16H,10-13,15H2. The number of para-hydroxylation sites is 2. The van der Waals surface area contributed by atoms with E-state index in [0.717, 1.165) is 28.3 Å². The summed E-state index contributed by atoms with van der Waals surface area (Å²) in [5.41, 5.74) is 5.92. The smallest absolute Gasteiger partial charge is 0.144 e. The van der Waals surface area contributed by atoms with Crippen LogP contribution in [0.1, 0.15) is 37.7 Å². The van der Waals surface area contributed by atoms with E-state index in [1.165, 1.54) is 48.4 Å². The van der Waals surface area contributed by atoms with E-state index in [1.54, 1.807) is 0 Å². The lowest BCUT2D eigenvalue weighted by Crippen LogP contribution is -2.19. The molecule has 2 heterocycles. The van der Waals surface area contributed by atoms with Crippen LogP contribution in [0.3, 0.4) is 0 Å². The summed E-state index contributed by atoms with van der Waals surface area (Å²) in [5, 5.41) is 2.45. The predicted molar refractivity (Wildman–Crippen MR) is 105 cm³/mol. The molecule has 26 heavy (non-hydrogen) atoms. The molecule has 2 aromatic carbocycles. The van der Waals surface area contributed by atoms with Crippen LogP contribution in [0.4, 0.5) is 0 Å². The quantitative estimate of drug-likeness (QED) is 0.418. The van der Waals surface area contributed by atoms with E-state index in [0.29, 0.717) is 5.41 Å². The molecule has 0 unspecified atom stereocenters. The Morgan fingerprint density at radius 1 is 0.846 bits per heavy atom. The van der Waals surface area contributed by atoms with Crippen molar-refractivity contribution in [1.82, 2.24) is 4.98 Å². The SMILES string of the molecule is c1ccc(-c2cccc3c2oc2c(C45CCC(CC4)C5)cccc23)nc1. The van der Waals surface area contributed by atoms with Crippen molar-refractivity contribution in [2.75, 3.05) is 0 Å². The van der Waals surface area contributed by atoms with Crippen LogP contribution >= 0.6 is 0 Å². The normalized spacial score (nSPS) is 24.7. The molecule has 0 saturated heterocycles. The van der Waals surface area contributed by atoms with Crippen molar-refractivity contribution in [2.24, 2.45) is 5.92 Å². The minimum absolute atomic E-state index is 0.350. The van der Waals surface area contributed by atoms with Crippen molar-refractivity contribution in [2.45, 2.75) is 37.5 Å². The van der Waals surface area contributed by atoms with Crippen LogP contribution in [0.5, 0.6) is 0 Å². The van der Waals surface area contributed by atoms with Crippen LogP contribution < -0.4 is 0 Å². The molecule has 4 aromatic rings. The molecule has 2 saturated carbocycles. The maximum absolute atomic E-state index is 6.59. The van der Waals surface area contributed by atoms with E-state index in [2.05, 4.69) is 47.4 Å². The Bertz CT molecular complexity index is 1120. The van der Waals surface area contributed by atoms with Gasteiger partial charge in [0.15, 0.2) is 0 Å². The van der Waals surface area contributed by atoms with Crippen molar-refractivity contribution in [3.8, 4) is 11.3 Å². The first-order chi connectivity index (χ1) is 12.8. The topological polar surface area (TPSA) is 26.0 Å². The minimum atomic E-state index is 0.350. The second kappa shape index (κ2) is 5.20. The molecule has 2 fully saturated rings. The van der Waals surface area contributed by atoms with Gasteiger partial charge in [-0.25, -0.2) is 0 Å². The first-order valence-corrected chi connectivity index (χ1v) is 9.70. The summed E-state index contributed by atoms with van der Waals surface area (Å²) in [6.45, 7) is 0. The highest BCUT2D eigenvalue weighted by Gasteiger charge is 2.47. The Labute approximate surface area is 152 Å². The summed E-state index contributed by atoms with van der Waals surface area (Å²) in [6.07, 6.45) is 8.60. The van der Waals surface area contributed by atoms with Crippen LogP contribution in [0.2, 0.25) is 0 Å². The minimum Gasteiger partial charge on any atom is -0.455 e. The molecule has 0 atom stereocenters. The lowest BCUT2D eigenvalue weighted by atomic mass is 9.77. The van der Waals surface area contributed by atoms with E-state index < -0.39 is 0 Å². The molecular formula is C24H21NO. The van der Waals surface area contributed by atoms with Crippen molar-refractivity contribution in [1.29, 1.82) is 0 Å². The summed E-state index contributed by atoms with van der Waals surface area (Å²) in [4.78, 5) is 4.55. The maximum Gasteiger partial charge on any atom is 0.144 e. The lowest BCUT2D eigenvalue weighted by Gasteiger charge is -2.27. The lowest BCUT2D eigenvalue weighted by molar-refractivity contribution is 0.417. The van der Waals surface area contributed by atoms with E-state index in [4.69, 9.17) is 4.42 Å². The van der Waals surface area contributed by atoms with Crippen molar-refractivity contribution < 1.29 is 4.42 Å². The Balaban J connectivity index is 1.65. The highest BCUT2D eigenvalue weighted by Crippen LogP contribution is 2.57. The van der Waals surface area contributed by atoms with Gasteiger partial charge in [-0.05, 0) is 61.6 Å². The Morgan fingerprint density at radius 2 is 1.65 bits per heavy atom. The zero-order valence-corrected chi connectivity index (χ0v) is 14.7. The fraction of sp³-hybridized carbons (Fsp3) is 0.292. The zero-order valence-electron chi connectivity index (χ0n) is 14.7. The fourth-order valence-corrected chi connectivity index (χ4v) is 5.53. The number of hydrogen-bond donors (Lipinski definition) is 0. The monoisotopic (exact) mass is 339 g/mol. The van der Waals surface area contributed by atoms with Crippen LogP contribution in [0.15, 0.2) is 65.2 Å². The van der Waals surface area contributed by atoms with Crippen LogP contribution in [0.25, 0.3) is 33.2 Å². The van der Waals surface area contributed by atoms with Crippen molar-refractivity contribution >= 4 is 21.9 Å². The van der Waals surface area contributed by atoms with Gasteiger partial charge in [-0.3, -0.25) is 4.98 Å². The second-order valence-corrected chi connectivity index (χ2v) is 8.11. The molecule has 0 amide bonds. The molecule has 2 bridgehead atoms.